The zero-order valence-corrected chi connectivity index (χ0v) is 15.1. The Hall–Kier alpha value is -2.86. The van der Waals surface area contributed by atoms with Gasteiger partial charge in [0.25, 0.3) is 5.91 Å². The van der Waals surface area contributed by atoms with E-state index in [4.69, 9.17) is 16.0 Å². The van der Waals surface area contributed by atoms with E-state index in [0.717, 1.165) is 12.0 Å². The monoisotopic (exact) mass is 370 g/mol. The molecule has 0 saturated carbocycles. The average Bonchev–Trinajstić information content (AvgIpc) is 3.13. The Kier molecular flexibility index (Phi) is 5.86. The summed E-state index contributed by atoms with van der Waals surface area (Å²) in [6, 6.07) is 12.9. The van der Waals surface area contributed by atoms with Gasteiger partial charge >= 0.3 is 0 Å². The maximum absolute atomic E-state index is 12.3. The van der Waals surface area contributed by atoms with Gasteiger partial charge in [0.1, 0.15) is 11.5 Å². The number of nitrogens with one attached hydrogen (secondary N) is 2. The van der Waals surface area contributed by atoms with Crippen LogP contribution >= 0.6 is 11.6 Å². The molecule has 0 saturated heterocycles. The summed E-state index contributed by atoms with van der Waals surface area (Å²) in [4.78, 5) is 20.9. The number of aryl methyl sites for hydroxylation is 1. The van der Waals surface area contributed by atoms with Gasteiger partial charge in [-0.1, -0.05) is 23.7 Å². The molecule has 2 aromatic heterocycles. The summed E-state index contributed by atoms with van der Waals surface area (Å²) in [5.74, 6) is 0.837. The second kappa shape index (κ2) is 8.49. The van der Waals surface area contributed by atoms with Gasteiger partial charge in [0.2, 0.25) is 5.95 Å². The van der Waals surface area contributed by atoms with Gasteiger partial charge in [-0.15, -0.1) is 0 Å². The number of hydrogen-bond donors (Lipinski definition) is 2. The van der Waals surface area contributed by atoms with Crippen LogP contribution in [0.5, 0.6) is 0 Å². The van der Waals surface area contributed by atoms with Crippen molar-refractivity contribution in [1.29, 1.82) is 0 Å². The lowest BCUT2D eigenvalue weighted by Crippen LogP contribution is -2.24. The number of aromatic nitrogens is 2. The molecule has 0 bridgehead atoms. The van der Waals surface area contributed by atoms with Crippen molar-refractivity contribution in [2.24, 2.45) is 0 Å². The van der Waals surface area contributed by atoms with Crippen LogP contribution in [0.4, 0.5) is 5.95 Å². The fourth-order valence-electron chi connectivity index (χ4n) is 2.45. The van der Waals surface area contributed by atoms with Crippen molar-refractivity contribution < 1.29 is 9.21 Å². The molecule has 0 aliphatic carbocycles. The first-order valence-corrected chi connectivity index (χ1v) is 8.62. The van der Waals surface area contributed by atoms with E-state index < -0.39 is 0 Å². The van der Waals surface area contributed by atoms with Gasteiger partial charge in [-0.3, -0.25) is 4.79 Å². The van der Waals surface area contributed by atoms with Gasteiger partial charge in [0, 0.05) is 17.3 Å². The third kappa shape index (κ3) is 5.07. The number of anilines is 1. The smallest absolute Gasteiger partial charge is 0.270 e. The quantitative estimate of drug-likeness (QED) is 0.664. The van der Waals surface area contributed by atoms with Crippen molar-refractivity contribution in [2.45, 2.75) is 19.9 Å². The van der Waals surface area contributed by atoms with E-state index in [1.807, 2.05) is 31.2 Å². The minimum Gasteiger partial charge on any atom is -0.467 e. The first-order chi connectivity index (χ1) is 12.6. The van der Waals surface area contributed by atoms with Crippen LogP contribution in [0, 0.1) is 6.92 Å². The summed E-state index contributed by atoms with van der Waals surface area (Å²) in [6.45, 7) is 2.77. The van der Waals surface area contributed by atoms with Crippen molar-refractivity contribution in [3.63, 3.8) is 0 Å². The minimum atomic E-state index is -0.273. The Morgan fingerprint density at radius 2 is 2.08 bits per heavy atom. The van der Waals surface area contributed by atoms with Crippen LogP contribution < -0.4 is 10.6 Å². The molecule has 0 aliphatic rings. The van der Waals surface area contributed by atoms with Gasteiger partial charge in [-0.05, 0) is 49.2 Å². The molecule has 1 aromatic carbocycles. The summed E-state index contributed by atoms with van der Waals surface area (Å²) >= 11 is 5.99. The number of nitrogens with zero attached hydrogens (tertiary/aromatic N) is 2. The zero-order valence-electron chi connectivity index (χ0n) is 14.3. The lowest BCUT2D eigenvalue weighted by Gasteiger charge is -2.09. The van der Waals surface area contributed by atoms with Crippen molar-refractivity contribution >= 4 is 23.5 Å². The molecule has 7 heteroatoms. The highest BCUT2D eigenvalue weighted by molar-refractivity contribution is 6.30. The Morgan fingerprint density at radius 1 is 1.19 bits per heavy atom. The van der Waals surface area contributed by atoms with Crippen molar-refractivity contribution in [1.82, 2.24) is 15.3 Å². The molecule has 134 valence electrons. The van der Waals surface area contributed by atoms with Gasteiger partial charge in [-0.2, -0.15) is 0 Å². The lowest BCUT2D eigenvalue weighted by atomic mass is 10.1. The molecule has 3 aromatic rings. The van der Waals surface area contributed by atoms with Gasteiger partial charge in [-0.25, -0.2) is 9.97 Å². The van der Waals surface area contributed by atoms with Crippen LogP contribution in [-0.2, 0) is 13.0 Å². The number of furan rings is 1. The standard InChI is InChI=1S/C19H19ClN4O2/c1-13-10-17(18(25)22-12-16-6-3-9-26-16)24-19(23-13)21-8-7-14-4-2-5-15(20)11-14/h2-6,9-11H,7-8,12H2,1H3,(H,22,25)(H,21,23,24). The third-order valence-corrected chi connectivity index (χ3v) is 3.91. The fraction of sp³-hybridized carbons (Fsp3) is 0.211. The summed E-state index contributed by atoms with van der Waals surface area (Å²) < 4.78 is 5.20. The van der Waals surface area contributed by atoms with Gasteiger partial charge in [0.15, 0.2) is 0 Å². The van der Waals surface area contributed by atoms with E-state index in [1.54, 1.807) is 24.5 Å². The molecule has 2 N–H and O–H groups in total. The molecule has 0 unspecified atom stereocenters. The van der Waals surface area contributed by atoms with Crippen LogP contribution in [-0.4, -0.2) is 22.4 Å². The van der Waals surface area contributed by atoms with E-state index in [2.05, 4.69) is 20.6 Å². The molecule has 6 nitrogen and oxygen atoms in total. The first kappa shape index (κ1) is 17.9. The number of carbonyl (C=O) groups is 1. The van der Waals surface area contributed by atoms with E-state index in [0.29, 0.717) is 41.2 Å². The van der Waals surface area contributed by atoms with E-state index in [1.165, 1.54) is 0 Å². The summed E-state index contributed by atoms with van der Waals surface area (Å²) in [7, 11) is 0. The first-order valence-electron chi connectivity index (χ1n) is 8.25. The molecule has 0 fully saturated rings. The lowest BCUT2D eigenvalue weighted by molar-refractivity contribution is 0.0943. The molecule has 0 radical (unpaired) electrons. The molecule has 0 aliphatic heterocycles. The van der Waals surface area contributed by atoms with Crippen LogP contribution in [0.3, 0.4) is 0 Å². The largest absolute Gasteiger partial charge is 0.467 e. The second-order valence-corrected chi connectivity index (χ2v) is 6.22. The normalized spacial score (nSPS) is 10.5. The van der Waals surface area contributed by atoms with E-state index in [-0.39, 0.29) is 5.91 Å². The minimum absolute atomic E-state index is 0.273. The summed E-state index contributed by atoms with van der Waals surface area (Å²) in [6.07, 6.45) is 2.34. The maximum atomic E-state index is 12.3. The SMILES string of the molecule is Cc1cc(C(=O)NCc2ccco2)nc(NCCc2cccc(Cl)c2)n1. The van der Waals surface area contributed by atoms with E-state index in [9.17, 15) is 4.79 Å². The predicted octanol–water partition coefficient (Wildman–Crippen LogP) is 3.62. The molecule has 0 spiro atoms. The number of hydrogen-bond acceptors (Lipinski definition) is 5. The van der Waals surface area contributed by atoms with Crippen molar-refractivity contribution in [3.05, 3.63) is 76.5 Å². The highest BCUT2D eigenvalue weighted by Crippen LogP contribution is 2.11. The molecular weight excluding hydrogens is 352 g/mol. The van der Waals surface area contributed by atoms with Crippen molar-refractivity contribution in [3.8, 4) is 0 Å². The van der Waals surface area contributed by atoms with Crippen molar-refractivity contribution in [2.75, 3.05) is 11.9 Å². The fourth-order valence-corrected chi connectivity index (χ4v) is 2.66. The van der Waals surface area contributed by atoms with E-state index >= 15 is 0 Å². The highest BCUT2D eigenvalue weighted by Gasteiger charge is 2.11. The highest BCUT2D eigenvalue weighted by atomic mass is 35.5. The van der Waals surface area contributed by atoms with Gasteiger partial charge < -0.3 is 15.1 Å². The van der Waals surface area contributed by atoms with Gasteiger partial charge in [0.05, 0.1) is 12.8 Å². The number of benzene rings is 1. The number of carbonyl (C=O) groups excluding carboxylic acids is 1. The molecule has 26 heavy (non-hydrogen) atoms. The Bertz CT molecular complexity index is 881. The van der Waals surface area contributed by atoms with Crippen LogP contribution in [0.25, 0.3) is 0 Å². The molecular formula is C19H19ClN4O2. The molecule has 3 rings (SSSR count). The molecule has 2 heterocycles. The number of rotatable bonds is 7. The Morgan fingerprint density at radius 3 is 2.85 bits per heavy atom. The average molecular weight is 371 g/mol. The zero-order chi connectivity index (χ0) is 18.4. The molecule has 0 atom stereocenters. The topological polar surface area (TPSA) is 80.0 Å². The van der Waals surface area contributed by atoms with Crippen LogP contribution in [0.15, 0.2) is 53.1 Å². The summed E-state index contributed by atoms with van der Waals surface area (Å²) in [5, 5.41) is 6.65. The molecule has 1 amide bonds. The number of amides is 1. The van der Waals surface area contributed by atoms with Crippen LogP contribution in [0.1, 0.15) is 27.5 Å². The maximum Gasteiger partial charge on any atom is 0.270 e. The Labute approximate surface area is 156 Å². The summed E-state index contributed by atoms with van der Waals surface area (Å²) in [5.41, 5.74) is 2.15. The number of halogens is 1. The predicted molar refractivity (Wildman–Crippen MR) is 100 cm³/mol. The van der Waals surface area contributed by atoms with Crippen LogP contribution in [0.2, 0.25) is 5.02 Å². The third-order valence-electron chi connectivity index (χ3n) is 3.68. The second-order valence-electron chi connectivity index (χ2n) is 5.79. The Balaban J connectivity index is 1.58.